The van der Waals surface area contributed by atoms with Crippen LogP contribution in [0.25, 0.3) is 0 Å². The van der Waals surface area contributed by atoms with E-state index in [2.05, 4.69) is 0 Å². The largest absolute Gasteiger partial charge is 0.398 e. The van der Waals surface area contributed by atoms with Crippen LogP contribution in [0.4, 0.5) is 15.8 Å². The highest BCUT2D eigenvalue weighted by Gasteiger charge is 2.39. The zero-order chi connectivity index (χ0) is 15.1. The van der Waals surface area contributed by atoms with Crippen LogP contribution in [0.5, 0.6) is 0 Å². The maximum absolute atomic E-state index is 14.0. The first kappa shape index (κ1) is 14.1. The lowest BCUT2D eigenvalue weighted by Gasteiger charge is -2.23. The molecule has 7 heteroatoms. The van der Waals surface area contributed by atoms with Crippen molar-refractivity contribution in [2.75, 3.05) is 23.7 Å². The third-order valence-electron chi connectivity index (χ3n) is 3.79. The number of nitrogens with two attached hydrogens (primary N) is 3. The molecule has 1 heterocycles. The molecule has 0 spiro atoms. The van der Waals surface area contributed by atoms with Gasteiger partial charge < -0.3 is 22.1 Å². The van der Waals surface area contributed by atoms with Crippen LogP contribution in [0.1, 0.15) is 23.7 Å². The van der Waals surface area contributed by atoms with Crippen LogP contribution in [-0.2, 0) is 4.79 Å². The zero-order valence-electron chi connectivity index (χ0n) is 11.1. The Balaban J connectivity index is 2.37. The Kier molecular flexibility index (Phi) is 3.29. The zero-order valence-corrected chi connectivity index (χ0v) is 11.1. The van der Waals surface area contributed by atoms with Crippen LogP contribution in [-0.4, -0.2) is 24.9 Å². The van der Waals surface area contributed by atoms with Crippen LogP contribution in [0.2, 0.25) is 0 Å². The summed E-state index contributed by atoms with van der Waals surface area (Å²) in [5, 5.41) is 0. The minimum atomic E-state index is -0.722. The van der Waals surface area contributed by atoms with Gasteiger partial charge in [0.2, 0.25) is 5.91 Å². The van der Waals surface area contributed by atoms with E-state index in [1.54, 1.807) is 11.8 Å². The molecule has 0 bridgehead atoms. The molecule has 108 valence electrons. The number of nitrogens with zero attached hydrogens (tertiary/aromatic N) is 1. The van der Waals surface area contributed by atoms with Crippen LogP contribution in [0, 0.1) is 11.2 Å². The van der Waals surface area contributed by atoms with Crippen LogP contribution in [0.3, 0.4) is 0 Å². The molecule has 1 unspecified atom stereocenters. The SMILES string of the molecule is CC1(C(N)=O)CCN(c2cc(C(N)=O)c(N)cc2F)C1. The van der Waals surface area contributed by atoms with Gasteiger partial charge in [0.05, 0.1) is 16.7 Å². The van der Waals surface area contributed by atoms with E-state index in [-0.39, 0.29) is 16.9 Å². The van der Waals surface area contributed by atoms with E-state index in [9.17, 15) is 14.0 Å². The lowest BCUT2D eigenvalue weighted by molar-refractivity contribution is -0.125. The van der Waals surface area contributed by atoms with Crippen molar-refractivity contribution in [1.82, 2.24) is 0 Å². The lowest BCUT2D eigenvalue weighted by Crippen LogP contribution is -2.37. The molecule has 1 aromatic rings. The van der Waals surface area contributed by atoms with Gasteiger partial charge in [-0.25, -0.2) is 4.39 Å². The highest BCUT2D eigenvalue weighted by molar-refractivity contribution is 5.99. The number of primary amides is 2. The van der Waals surface area contributed by atoms with Gasteiger partial charge in [0.1, 0.15) is 5.82 Å². The van der Waals surface area contributed by atoms with Gasteiger partial charge in [-0.3, -0.25) is 9.59 Å². The van der Waals surface area contributed by atoms with Crippen molar-refractivity contribution in [2.45, 2.75) is 13.3 Å². The van der Waals surface area contributed by atoms with E-state index in [4.69, 9.17) is 17.2 Å². The molecule has 1 fully saturated rings. The number of carbonyl (C=O) groups is 2. The fraction of sp³-hybridized carbons (Fsp3) is 0.385. The van der Waals surface area contributed by atoms with Crippen LogP contribution < -0.4 is 22.1 Å². The second kappa shape index (κ2) is 4.66. The fourth-order valence-electron chi connectivity index (χ4n) is 2.40. The highest BCUT2D eigenvalue weighted by atomic mass is 19.1. The van der Waals surface area contributed by atoms with Gasteiger partial charge in [-0.2, -0.15) is 0 Å². The third-order valence-corrected chi connectivity index (χ3v) is 3.79. The quantitative estimate of drug-likeness (QED) is 0.686. The van der Waals surface area contributed by atoms with Gasteiger partial charge in [0.15, 0.2) is 0 Å². The van der Waals surface area contributed by atoms with Gasteiger partial charge >= 0.3 is 0 Å². The van der Waals surface area contributed by atoms with Crippen LogP contribution in [0.15, 0.2) is 12.1 Å². The molecule has 1 saturated heterocycles. The molecule has 0 radical (unpaired) electrons. The molecule has 0 aromatic heterocycles. The molecule has 2 rings (SSSR count). The molecule has 6 nitrogen and oxygen atoms in total. The Labute approximate surface area is 115 Å². The Morgan fingerprint density at radius 2 is 2.00 bits per heavy atom. The second-order valence-corrected chi connectivity index (χ2v) is 5.35. The lowest BCUT2D eigenvalue weighted by atomic mass is 9.89. The Morgan fingerprint density at radius 3 is 2.50 bits per heavy atom. The summed E-state index contributed by atoms with van der Waals surface area (Å²) in [6.07, 6.45) is 0.526. The van der Waals surface area contributed by atoms with Crippen molar-refractivity contribution in [1.29, 1.82) is 0 Å². The molecule has 1 aliphatic rings. The summed E-state index contributed by atoms with van der Waals surface area (Å²) in [7, 11) is 0. The monoisotopic (exact) mass is 280 g/mol. The number of amides is 2. The number of rotatable bonds is 3. The Morgan fingerprint density at radius 1 is 1.35 bits per heavy atom. The van der Waals surface area contributed by atoms with Gasteiger partial charge in [-0.05, 0) is 25.5 Å². The number of benzene rings is 1. The standard InChI is InChI=1S/C13H17FN4O2/c1-13(12(17)20)2-3-18(6-13)10-4-7(11(16)19)9(15)5-8(10)14/h4-5H,2-3,6,15H2,1H3,(H2,16,19)(H2,17,20). The first-order valence-electron chi connectivity index (χ1n) is 6.18. The molecular weight excluding hydrogens is 263 g/mol. The van der Waals surface area contributed by atoms with Gasteiger partial charge in [-0.1, -0.05) is 0 Å². The normalized spacial score (nSPS) is 22.0. The average Bonchev–Trinajstić information content (AvgIpc) is 2.72. The number of anilines is 2. The number of halogens is 1. The van der Waals surface area contributed by atoms with Crippen molar-refractivity contribution in [3.8, 4) is 0 Å². The number of carbonyl (C=O) groups excluding carboxylic acids is 2. The summed E-state index contributed by atoms with van der Waals surface area (Å²) in [6, 6.07) is 2.38. The van der Waals surface area contributed by atoms with Gasteiger partial charge in [0, 0.05) is 18.8 Å². The van der Waals surface area contributed by atoms with Crippen molar-refractivity contribution in [2.24, 2.45) is 16.9 Å². The molecular formula is C13H17FN4O2. The molecule has 20 heavy (non-hydrogen) atoms. The van der Waals surface area contributed by atoms with Crippen molar-refractivity contribution >= 4 is 23.2 Å². The van der Waals surface area contributed by atoms with Crippen molar-refractivity contribution in [3.63, 3.8) is 0 Å². The van der Waals surface area contributed by atoms with E-state index < -0.39 is 23.0 Å². The summed E-state index contributed by atoms with van der Waals surface area (Å²) < 4.78 is 14.0. The maximum atomic E-state index is 14.0. The van der Waals surface area contributed by atoms with E-state index >= 15 is 0 Å². The van der Waals surface area contributed by atoms with E-state index in [0.717, 1.165) is 6.07 Å². The van der Waals surface area contributed by atoms with Gasteiger partial charge in [0.25, 0.3) is 5.91 Å². The number of hydrogen-bond donors (Lipinski definition) is 3. The van der Waals surface area contributed by atoms with E-state index in [1.807, 2.05) is 0 Å². The van der Waals surface area contributed by atoms with Crippen LogP contribution >= 0.6 is 0 Å². The Hall–Kier alpha value is -2.31. The molecule has 2 amide bonds. The maximum Gasteiger partial charge on any atom is 0.250 e. The summed E-state index contributed by atoms with van der Waals surface area (Å²) in [5.74, 6) is -1.70. The summed E-state index contributed by atoms with van der Waals surface area (Å²) in [5.41, 5.74) is 15.7. The van der Waals surface area contributed by atoms with E-state index in [1.165, 1.54) is 6.07 Å². The predicted molar refractivity (Wildman–Crippen MR) is 73.5 cm³/mol. The minimum Gasteiger partial charge on any atom is -0.398 e. The van der Waals surface area contributed by atoms with Crippen molar-refractivity contribution < 1.29 is 14.0 Å². The second-order valence-electron chi connectivity index (χ2n) is 5.35. The average molecular weight is 280 g/mol. The summed E-state index contributed by atoms with van der Waals surface area (Å²) in [4.78, 5) is 24.4. The smallest absolute Gasteiger partial charge is 0.250 e. The number of hydrogen-bond acceptors (Lipinski definition) is 4. The molecule has 0 aliphatic carbocycles. The fourth-order valence-corrected chi connectivity index (χ4v) is 2.40. The van der Waals surface area contributed by atoms with Gasteiger partial charge in [-0.15, -0.1) is 0 Å². The summed E-state index contributed by atoms with van der Waals surface area (Å²) >= 11 is 0. The summed E-state index contributed by atoms with van der Waals surface area (Å²) in [6.45, 7) is 2.50. The highest BCUT2D eigenvalue weighted by Crippen LogP contribution is 2.35. The minimum absolute atomic E-state index is 0.00406. The molecule has 0 saturated carbocycles. The number of nitrogen functional groups attached to an aromatic ring is 1. The van der Waals surface area contributed by atoms with E-state index in [0.29, 0.717) is 19.5 Å². The first-order valence-corrected chi connectivity index (χ1v) is 6.18. The molecule has 1 atom stereocenters. The Bertz CT molecular complexity index is 590. The third kappa shape index (κ3) is 2.26. The topological polar surface area (TPSA) is 115 Å². The molecule has 1 aromatic carbocycles. The predicted octanol–water partition coefficient (Wildman–Crippen LogP) is 0.209. The van der Waals surface area contributed by atoms with Crippen molar-refractivity contribution in [3.05, 3.63) is 23.5 Å². The first-order chi connectivity index (χ1) is 9.24. The molecule has 6 N–H and O–H groups in total. The molecule has 1 aliphatic heterocycles.